The Morgan fingerprint density at radius 2 is 2.15 bits per heavy atom. The van der Waals surface area contributed by atoms with Crippen molar-refractivity contribution in [2.24, 2.45) is 11.7 Å². The molecule has 2 nitrogen and oxygen atoms in total. The van der Waals surface area contributed by atoms with Gasteiger partial charge in [0.05, 0.1) is 0 Å². The molecule has 0 saturated carbocycles. The number of nitrogens with zero attached hydrogens (tertiary/aromatic N) is 1. The molecule has 1 aliphatic rings. The number of hydrogen-bond donors (Lipinski definition) is 1. The molecule has 2 atom stereocenters. The van der Waals surface area contributed by atoms with Crippen LogP contribution in [0.1, 0.15) is 40.5 Å². The van der Waals surface area contributed by atoms with Gasteiger partial charge in [-0.25, -0.2) is 0 Å². The third-order valence-electron chi connectivity index (χ3n) is 3.87. The highest BCUT2D eigenvalue weighted by molar-refractivity contribution is 4.95. The quantitative estimate of drug-likeness (QED) is 0.725. The molecule has 1 fully saturated rings. The fraction of sp³-hybridized carbons (Fsp3) is 1.00. The second-order valence-corrected chi connectivity index (χ2v) is 4.90. The Hall–Kier alpha value is -0.0800. The Morgan fingerprint density at radius 1 is 1.54 bits per heavy atom. The smallest absolute Gasteiger partial charge is 0.0329 e. The molecule has 0 radical (unpaired) electrons. The van der Waals surface area contributed by atoms with Crippen LogP contribution in [-0.4, -0.2) is 29.6 Å². The Labute approximate surface area is 82.5 Å². The van der Waals surface area contributed by atoms with Gasteiger partial charge in [0.25, 0.3) is 0 Å². The lowest BCUT2D eigenvalue weighted by Crippen LogP contribution is -2.56. The van der Waals surface area contributed by atoms with Crippen LogP contribution in [0.4, 0.5) is 0 Å². The van der Waals surface area contributed by atoms with Crippen molar-refractivity contribution >= 4 is 0 Å². The Kier molecular flexibility index (Phi) is 3.36. The lowest BCUT2D eigenvalue weighted by Gasteiger charge is -2.44. The predicted octanol–water partition coefficient (Wildman–Crippen LogP) is 1.84. The number of nitrogens with two attached hydrogens (primary N) is 1. The summed E-state index contributed by atoms with van der Waals surface area (Å²) in [7, 11) is 0. The molecule has 13 heavy (non-hydrogen) atoms. The largest absolute Gasteiger partial charge is 0.329 e. The summed E-state index contributed by atoms with van der Waals surface area (Å²) in [5, 5.41) is 0. The molecule has 0 bridgehead atoms. The van der Waals surface area contributed by atoms with Gasteiger partial charge in [0.2, 0.25) is 0 Å². The van der Waals surface area contributed by atoms with Crippen molar-refractivity contribution in [3.8, 4) is 0 Å². The molecular formula is C11H24N2. The molecule has 0 aromatic heterocycles. The first-order valence-electron chi connectivity index (χ1n) is 5.49. The highest BCUT2D eigenvalue weighted by Gasteiger charge is 2.38. The molecule has 0 aliphatic carbocycles. The SMILES string of the molecule is CC1CCCN1C(C)(CN)C(C)C. The molecule has 2 heteroatoms. The van der Waals surface area contributed by atoms with E-state index in [9.17, 15) is 0 Å². The topological polar surface area (TPSA) is 29.3 Å². The van der Waals surface area contributed by atoms with Crippen molar-refractivity contribution in [2.75, 3.05) is 13.1 Å². The van der Waals surface area contributed by atoms with E-state index >= 15 is 0 Å². The summed E-state index contributed by atoms with van der Waals surface area (Å²) in [5.74, 6) is 0.637. The minimum absolute atomic E-state index is 0.204. The van der Waals surface area contributed by atoms with Gasteiger partial charge in [-0.05, 0) is 39.2 Å². The highest BCUT2D eigenvalue weighted by Crippen LogP contribution is 2.31. The second-order valence-electron chi connectivity index (χ2n) is 4.90. The number of likely N-dealkylation sites (tertiary alicyclic amines) is 1. The summed E-state index contributed by atoms with van der Waals surface area (Å²) in [4.78, 5) is 2.59. The van der Waals surface area contributed by atoms with E-state index in [2.05, 4.69) is 32.6 Å². The van der Waals surface area contributed by atoms with Crippen LogP contribution in [0.25, 0.3) is 0 Å². The van der Waals surface area contributed by atoms with Crippen LogP contribution in [0, 0.1) is 5.92 Å². The van der Waals surface area contributed by atoms with E-state index in [0.29, 0.717) is 5.92 Å². The van der Waals surface area contributed by atoms with Gasteiger partial charge in [-0.1, -0.05) is 13.8 Å². The zero-order valence-corrected chi connectivity index (χ0v) is 9.51. The van der Waals surface area contributed by atoms with Gasteiger partial charge >= 0.3 is 0 Å². The van der Waals surface area contributed by atoms with Crippen molar-refractivity contribution in [3.05, 3.63) is 0 Å². The van der Waals surface area contributed by atoms with Gasteiger partial charge in [0.1, 0.15) is 0 Å². The lowest BCUT2D eigenvalue weighted by molar-refractivity contribution is 0.0613. The normalized spacial score (nSPS) is 29.5. The monoisotopic (exact) mass is 184 g/mol. The van der Waals surface area contributed by atoms with Crippen LogP contribution in [0.15, 0.2) is 0 Å². The molecule has 0 amide bonds. The molecule has 1 saturated heterocycles. The minimum Gasteiger partial charge on any atom is -0.329 e. The fourth-order valence-electron chi connectivity index (χ4n) is 2.38. The standard InChI is InChI=1S/C11H24N2/c1-9(2)11(4,8-12)13-7-5-6-10(13)3/h9-10H,5-8,12H2,1-4H3. The first-order chi connectivity index (χ1) is 6.02. The van der Waals surface area contributed by atoms with Crippen LogP contribution in [0.5, 0.6) is 0 Å². The Bertz CT molecular complexity index is 167. The van der Waals surface area contributed by atoms with E-state index in [-0.39, 0.29) is 5.54 Å². The van der Waals surface area contributed by atoms with Crippen molar-refractivity contribution < 1.29 is 0 Å². The van der Waals surface area contributed by atoms with Gasteiger partial charge in [-0.15, -0.1) is 0 Å². The Balaban J connectivity index is 2.75. The van der Waals surface area contributed by atoms with Gasteiger partial charge in [-0.2, -0.15) is 0 Å². The molecule has 2 N–H and O–H groups in total. The van der Waals surface area contributed by atoms with Crippen LogP contribution in [0.2, 0.25) is 0 Å². The summed E-state index contributed by atoms with van der Waals surface area (Å²) < 4.78 is 0. The van der Waals surface area contributed by atoms with Crippen LogP contribution < -0.4 is 5.73 Å². The first kappa shape index (κ1) is 11.0. The second kappa shape index (κ2) is 3.97. The molecule has 1 heterocycles. The van der Waals surface area contributed by atoms with Crippen molar-refractivity contribution in [1.29, 1.82) is 0 Å². The van der Waals surface area contributed by atoms with Crippen molar-refractivity contribution in [2.45, 2.75) is 52.1 Å². The van der Waals surface area contributed by atoms with Gasteiger partial charge in [0.15, 0.2) is 0 Å². The zero-order chi connectivity index (χ0) is 10.1. The number of hydrogen-bond acceptors (Lipinski definition) is 2. The summed E-state index contributed by atoms with van der Waals surface area (Å²) in [6, 6.07) is 0.718. The molecule has 0 spiro atoms. The summed E-state index contributed by atoms with van der Waals surface area (Å²) in [5.41, 5.74) is 6.11. The van der Waals surface area contributed by atoms with Gasteiger partial charge in [0, 0.05) is 18.1 Å². The molecule has 1 rings (SSSR count). The van der Waals surface area contributed by atoms with Crippen molar-refractivity contribution in [1.82, 2.24) is 4.90 Å². The van der Waals surface area contributed by atoms with Crippen LogP contribution >= 0.6 is 0 Å². The predicted molar refractivity (Wildman–Crippen MR) is 57.7 cm³/mol. The van der Waals surface area contributed by atoms with Crippen LogP contribution in [0.3, 0.4) is 0 Å². The maximum Gasteiger partial charge on any atom is 0.0329 e. The number of rotatable bonds is 3. The van der Waals surface area contributed by atoms with E-state index in [4.69, 9.17) is 5.73 Å². The first-order valence-corrected chi connectivity index (χ1v) is 5.49. The fourth-order valence-corrected chi connectivity index (χ4v) is 2.38. The maximum atomic E-state index is 5.91. The summed E-state index contributed by atoms with van der Waals surface area (Å²) in [6.07, 6.45) is 2.67. The van der Waals surface area contributed by atoms with Crippen LogP contribution in [-0.2, 0) is 0 Å². The van der Waals surface area contributed by atoms with E-state index in [1.165, 1.54) is 19.4 Å². The third-order valence-corrected chi connectivity index (χ3v) is 3.87. The van der Waals surface area contributed by atoms with E-state index < -0.39 is 0 Å². The molecule has 0 aromatic carbocycles. The molecule has 2 unspecified atom stereocenters. The summed E-state index contributed by atoms with van der Waals surface area (Å²) in [6.45, 7) is 11.2. The molecular weight excluding hydrogens is 160 g/mol. The molecule has 0 aromatic rings. The highest BCUT2D eigenvalue weighted by atomic mass is 15.2. The zero-order valence-electron chi connectivity index (χ0n) is 9.51. The molecule has 1 aliphatic heterocycles. The minimum atomic E-state index is 0.204. The third kappa shape index (κ3) is 1.89. The molecule has 78 valence electrons. The van der Waals surface area contributed by atoms with Gasteiger partial charge < -0.3 is 5.73 Å². The lowest BCUT2D eigenvalue weighted by atomic mass is 9.86. The maximum absolute atomic E-state index is 5.91. The van der Waals surface area contributed by atoms with Gasteiger partial charge in [-0.3, -0.25) is 4.90 Å². The Morgan fingerprint density at radius 3 is 2.46 bits per heavy atom. The average Bonchev–Trinajstić information content (AvgIpc) is 2.50. The summed E-state index contributed by atoms with van der Waals surface area (Å²) >= 11 is 0. The van der Waals surface area contributed by atoms with E-state index in [1.807, 2.05) is 0 Å². The average molecular weight is 184 g/mol. The van der Waals surface area contributed by atoms with E-state index in [1.54, 1.807) is 0 Å². The van der Waals surface area contributed by atoms with E-state index in [0.717, 1.165) is 12.6 Å². The van der Waals surface area contributed by atoms with Crippen molar-refractivity contribution in [3.63, 3.8) is 0 Å².